The Labute approximate surface area is 326 Å². The highest BCUT2D eigenvalue weighted by molar-refractivity contribution is 6.13. The van der Waals surface area contributed by atoms with Gasteiger partial charge in [-0.2, -0.15) is 0 Å². The lowest BCUT2D eigenvalue weighted by atomic mass is 9.65. The predicted molar refractivity (Wildman–Crippen MR) is 225 cm³/mol. The first-order chi connectivity index (χ1) is 27.7. The Morgan fingerprint density at radius 1 is 0.589 bits per heavy atom. The van der Waals surface area contributed by atoms with Crippen molar-refractivity contribution in [2.45, 2.75) is 11.6 Å². The quantitative estimate of drug-likeness (QED) is 0.186. The van der Waals surface area contributed by atoms with Crippen molar-refractivity contribution >= 4 is 11.4 Å². The average Bonchev–Trinajstić information content (AvgIpc) is 3.57. The minimum absolute atomic E-state index is 0.233. The van der Waals surface area contributed by atoms with E-state index in [1.807, 2.05) is 36.8 Å². The van der Waals surface area contributed by atoms with Gasteiger partial charge in [-0.15, -0.1) is 0 Å². The van der Waals surface area contributed by atoms with Crippen LogP contribution in [0.15, 0.2) is 205 Å². The third-order valence-electron chi connectivity index (χ3n) is 11.6. The number of pyridine rings is 1. The highest BCUT2D eigenvalue weighted by atomic mass is 16.5. The van der Waals surface area contributed by atoms with Crippen molar-refractivity contribution in [3.05, 3.63) is 233 Å². The average molecular weight is 721 g/mol. The van der Waals surface area contributed by atoms with E-state index in [4.69, 9.17) is 9.73 Å². The van der Waals surface area contributed by atoms with Crippen LogP contribution < -0.4 is 15.4 Å². The van der Waals surface area contributed by atoms with E-state index in [1.54, 1.807) is 0 Å². The Morgan fingerprint density at radius 3 is 2.11 bits per heavy atom. The molecule has 0 fully saturated rings. The van der Waals surface area contributed by atoms with Crippen LogP contribution in [-0.2, 0) is 5.41 Å². The van der Waals surface area contributed by atoms with E-state index in [-0.39, 0.29) is 6.17 Å². The van der Waals surface area contributed by atoms with Crippen molar-refractivity contribution in [1.82, 2.24) is 15.6 Å². The molecule has 6 aromatic carbocycles. The maximum atomic E-state index is 6.52. The third-order valence-corrected chi connectivity index (χ3v) is 11.6. The second kappa shape index (κ2) is 13.0. The Kier molecular flexibility index (Phi) is 7.46. The van der Waals surface area contributed by atoms with Gasteiger partial charge in [-0.3, -0.25) is 9.98 Å². The molecule has 0 saturated carbocycles. The summed E-state index contributed by atoms with van der Waals surface area (Å²) in [6, 6.07) is 56.4. The first-order valence-electron chi connectivity index (χ1n) is 19.1. The third kappa shape index (κ3) is 5.09. The van der Waals surface area contributed by atoms with Crippen LogP contribution in [0.25, 0.3) is 39.1 Å². The Hall–Kier alpha value is -7.24. The summed E-state index contributed by atoms with van der Waals surface area (Å²) < 4.78 is 6.52. The minimum Gasteiger partial charge on any atom is -0.457 e. The van der Waals surface area contributed by atoms with Crippen molar-refractivity contribution in [2.24, 2.45) is 4.99 Å². The smallest absolute Gasteiger partial charge is 0.145 e. The van der Waals surface area contributed by atoms with Gasteiger partial charge in [0.25, 0.3) is 0 Å². The first kappa shape index (κ1) is 32.2. The van der Waals surface area contributed by atoms with Gasteiger partial charge in [0.05, 0.1) is 11.1 Å². The van der Waals surface area contributed by atoms with E-state index in [9.17, 15) is 0 Å². The van der Waals surface area contributed by atoms with Gasteiger partial charge >= 0.3 is 0 Å². The van der Waals surface area contributed by atoms with Crippen LogP contribution in [0.3, 0.4) is 0 Å². The topological polar surface area (TPSA) is 58.5 Å². The summed E-state index contributed by atoms with van der Waals surface area (Å²) in [7, 11) is 0. The molecule has 5 heteroatoms. The molecule has 2 unspecified atom stereocenters. The largest absolute Gasteiger partial charge is 0.457 e. The second-order valence-corrected chi connectivity index (χ2v) is 14.6. The second-order valence-electron chi connectivity index (χ2n) is 14.6. The van der Waals surface area contributed by atoms with Crippen molar-refractivity contribution < 1.29 is 4.74 Å². The molecule has 3 aliphatic heterocycles. The number of hydrogen-bond donors (Lipinski definition) is 2. The first-order valence-corrected chi connectivity index (χ1v) is 19.1. The van der Waals surface area contributed by atoms with E-state index in [0.717, 1.165) is 61.9 Å². The zero-order valence-corrected chi connectivity index (χ0v) is 30.5. The Balaban J connectivity index is 0.959. The SMILES string of the molecule is C1=CC2=C(CN1)C1(c3cnccc3O2)c2ccccc2-c2ccc(-c3ccc(-c4cccc(C5N=C(c6ccccc6)C=C(c6ccccc6)N5)c4)cc3)cc21. The molecule has 2 atom stereocenters. The lowest BCUT2D eigenvalue weighted by molar-refractivity contribution is 0.389. The molecular formula is C51H36N4O. The predicted octanol–water partition coefficient (Wildman–Crippen LogP) is 10.6. The summed E-state index contributed by atoms with van der Waals surface area (Å²) in [4.78, 5) is 9.85. The van der Waals surface area contributed by atoms with Gasteiger partial charge in [-0.1, -0.05) is 140 Å². The molecule has 1 aliphatic carbocycles. The molecule has 5 nitrogen and oxygen atoms in total. The van der Waals surface area contributed by atoms with Crippen molar-refractivity contribution in [1.29, 1.82) is 0 Å². The Bertz CT molecular complexity index is 2800. The van der Waals surface area contributed by atoms with Gasteiger partial charge in [-0.25, -0.2) is 0 Å². The summed E-state index contributed by atoms with van der Waals surface area (Å²) in [5, 5.41) is 7.21. The minimum atomic E-state index is -0.525. The molecule has 266 valence electrons. The zero-order chi connectivity index (χ0) is 37.1. The molecule has 1 spiro atoms. The summed E-state index contributed by atoms with van der Waals surface area (Å²) >= 11 is 0. The fourth-order valence-corrected chi connectivity index (χ4v) is 8.99. The maximum Gasteiger partial charge on any atom is 0.145 e. The molecular weight excluding hydrogens is 685 g/mol. The van der Waals surface area contributed by atoms with Crippen LogP contribution in [0.1, 0.15) is 39.5 Å². The number of rotatable bonds is 5. The van der Waals surface area contributed by atoms with Crippen molar-refractivity contribution in [2.75, 3.05) is 6.54 Å². The lowest BCUT2D eigenvalue weighted by Gasteiger charge is -2.41. The lowest BCUT2D eigenvalue weighted by Crippen LogP contribution is -2.39. The molecule has 0 saturated heterocycles. The Morgan fingerprint density at radius 2 is 1.29 bits per heavy atom. The van der Waals surface area contributed by atoms with Gasteiger partial charge in [0.2, 0.25) is 0 Å². The van der Waals surface area contributed by atoms with Crippen LogP contribution in [-0.4, -0.2) is 17.2 Å². The highest BCUT2D eigenvalue weighted by Gasteiger charge is 2.52. The number of nitrogens with zero attached hydrogens (tertiary/aromatic N) is 2. The molecule has 0 bridgehead atoms. The number of dihydropyridines is 1. The van der Waals surface area contributed by atoms with E-state index >= 15 is 0 Å². The number of ether oxygens (including phenoxy) is 1. The molecule has 56 heavy (non-hydrogen) atoms. The van der Waals surface area contributed by atoms with Crippen LogP contribution in [0.5, 0.6) is 5.75 Å². The van der Waals surface area contributed by atoms with Crippen LogP contribution in [0.4, 0.5) is 0 Å². The van der Waals surface area contributed by atoms with Gasteiger partial charge in [-0.05, 0) is 91.5 Å². The number of hydrogen-bond acceptors (Lipinski definition) is 5. The van der Waals surface area contributed by atoms with E-state index in [2.05, 4.69) is 167 Å². The van der Waals surface area contributed by atoms with Gasteiger partial charge < -0.3 is 15.4 Å². The monoisotopic (exact) mass is 720 g/mol. The van der Waals surface area contributed by atoms with Crippen LogP contribution in [0.2, 0.25) is 0 Å². The molecule has 0 amide bonds. The molecule has 4 aliphatic rings. The molecule has 11 rings (SSSR count). The van der Waals surface area contributed by atoms with Gasteiger partial charge in [0.15, 0.2) is 0 Å². The van der Waals surface area contributed by atoms with Crippen molar-refractivity contribution in [3.8, 4) is 39.1 Å². The van der Waals surface area contributed by atoms with E-state index in [0.29, 0.717) is 6.54 Å². The summed E-state index contributed by atoms with van der Waals surface area (Å²) in [6.45, 7) is 0.686. The molecule has 2 N–H and O–H groups in total. The number of allylic oxidation sites excluding steroid dienone is 2. The number of nitrogens with one attached hydrogen (secondary N) is 2. The molecule has 1 aromatic heterocycles. The van der Waals surface area contributed by atoms with Crippen LogP contribution in [0, 0.1) is 0 Å². The standard InChI is InChI=1S/C51H36N4O/c1-3-10-35(11-4-1)46-30-47(36-12-5-2-6-13-36)55-50(54-46)39-15-9-14-37(28-39)33-18-20-34(21-19-33)38-22-23-41-40-16-7-8-17-42(40)51(43(41)29-38)44-31-52-26-24-48(44)56-49-25-27-53-32-45(49)51/h1-31,50,53-54H,32H2. The molecule has 0 radical (unpaired) electrons. The van der Waals surface area contributed by atoms with Crippen molar-refractivity contribution in [3.63, 3.8) is 0 Å². The zero-order valence-electron chi connectivity index (χ0n) is 30.5. The summed E-state index contributed by atoms with van der Waals surface area (Å²) in [6.07, 6.45) is 9.77. The highest BCUT2D eigenvalue weighted by Crippen LogP contribution is 2.60. The summed E-state index contributed by atoms with van der Waals surface area (Å²) in [5.74, 6) is 1.75. The molecule has 7 aromatic rings. The number of aliphatic imine (C=N–C) groups is 1. The van der Waals surface area contributed by atoms with E-state index in [1.165, 1.54) is 33.4 Å². The normalized spacial score (nSPS) is 18.7. The molecule has 4 heterocycles. The van der Waals surface area contributed by atoms with Gasteiger partial charge in [0.1, 0.15) is 17.7 Å². The number of fused-ring (bicyclic) bond motifs is 8. The fraction of sp³-hybridized carbons (Fsp3) is 0.0588. The number of benzene rings is 6. The summed E-state index contributed by atoms with van der Waals surface area (Å²) in [5.41, 5.74) is 16.8. The van der Waals surface area contributed by atoms with Crippen LogP contribution >= 0.6 is 0 Å². The van der Waals surface area contributed by atoms with Gasteiger partial charge in [0, 0.05) is 42.0 Å². The fourth-order valence-electron chi connectivity index (χ4n) is 8.99. The maximum absolute atomic E-state index is 6.52. The number of aromatic nitrogens is 1. The van der Waals surface area contributed by atoms with E-state index < -0.39 is 5.41 Å².